The molecule has 0 aliphatic heterocycles. The van der Waals surface area contributed by atoms with Crippen LogP contribution in [-0.4, -0.2) is 46.1 Å². The van der Waals surface area contributed by atoms with Crippen LogP contribution in [0.5, 0.6) is 0 Å². The van der Waals surface area contributed by atoms with Gasteiger partial charge in [-0.25, -0.2) is 14.3 Å². The van der Waals surface area contributed by atoms with Crippen LogP contribution in [0.3, 0.4) is 0 Å². The van der Waals surface area contributed by atoms with Gasteiger partial charge in [-0.2, -0.15) is 10.1 Å². The van der Waals surface area contributed by atoms with Crippen molar-refractivity contribution in [3.05, 3.63) is 72.2 Å². The summed E-state index contributed by atoms with van der Waals surface area (Å²) in [6, 6.07) is 16.0. The quantitative estimate of drug-likeness (QED) is 0.467. The molecule has 2 aromatic carbocycles. The second kappa shape index (κ2) is 8.00. The van der Waals surface area contributed by atoms with Crippen LogP contribution < -0.4 is 0 Å². The number of hydrogen-bond acceptors (Lipinski definition) is 8. The molecular weight excluding hydrogens is 388 g/mol. The highest BCUT2D eigenvalue weighted by molar-refractivity contribution is 6.07. The minimum absolute atomic E-state index is 0.00142. The molecule has 0 N–H and O–H groups in total. The summed E-state index contributed by atoms with van der Waals surface area (Å²) in [4.78, 5) is 29.3. The third-order valence-electron chi connectivity index (χ3n) is 4.41. The minimum Gasteiger partial charge on any atom is -0.465 e. The molecule has 9 heteroatoms. The largest absolute Gasteiger partial charge is 0.465 e. The molecule has 0 unspecified atom stereocenters. The van der Waals surface area contributed by atoms with E-state index in [4.69, 9.17) is 14.0 Å². The Balaban J connectivity index is 1.98. The van der Waals surface area contributed by atoms with Gasteiger partial charge in [0.1, 0.15) is 11.3 Å². The van der Waals surface area contributed by atoms with E-state index in [1.165, 1.54) is 25.3 Å². The van der Waals surface area contributed by atoms with E-state index in [1.807, 2.05) is 6.07 Å². The zero-order valence-corrected chi connectivity index (χ0v) is 16.1. The first kappa shape index (κ1) is 19.1. The molecule has 0 saturated carbocycles. The average molecular weight is 404 g/mol. The third-order valence-corrected chi connectivity index (χ3v) is 4.41. The van der Waals surface area contributed by atoms with Crippen molar-refractivity contribution >= 4 is 11.9 Å². The fraction of sp³-hybridized carbons (Fsp3) is 0.0952. The maximum atomic E-state index is 12.7. The van der Waals surface area contributed by atoms with E-state index < -0.39 is 11.9 Å². The summed E-state index contributed by atoms with van der Waals surface area (Å²) in [6.07, 6.45) is 1.22. The van der Waals surface area contributed by atoms with Gasteiger partial charge in [0.2, 0.25) is 12.2 Å². The lowest BCUT2D eigenvalue weighted by Gasteiger charge is -2.07. The van der Waals surface area contributed by atoms with Crippen molar-refractivity contribution in [1.29, 1.82) is 0 Å². The van der Waals surface area contributed by atoms with Crippen LogP contribution >= 0.6 is 0 Å². The summed E-state index contributed by atoms with van der Waals surface area (Å²) in [5.74, 6) is -1.04. The van der Waals surface area contributed by atoms with Gasteiger partial charge < -0.3 is 14.0 Å². The molecule has 0 aliphatic carbocycles. The summed E-state index contributed by atoms with van der Waals surface area (Å²) in [7, 11) is 2.48. The van der Waals surface area contributed by atoms with Gasteiger partial charge in [0.25, 0.3) is 0 Å². The number of benzene rings is 2. The third kappa shape index (κ3) is 3.32. The van der Waals surface area contributed by atoms with E-state index in [2.05, 4.69) is 15.2 Å². The Hall–Kier alpha value is -4.27. The highest BCUT2D eigenvalue weighted by atomic mass is 16.5. The first-order chi connectivity index (χ1) is 14.6. The lowest BCUT2D eigenvalue weighted by molar-refractivity contribution is 0.0549. The monoisotopic (exact) mass is 404 g/mol. The molecule has 9 nitrogen and oxygen atoms in total. The van der Waals surface area contributed by atoms with Crippen LogP contribution in [0.1, 0.15) is 20.8 Å². The Morgan fingerprint density at radius 3 is 2.33 bits per heavy atom. The molecule has 0 bridgehead atoms. The molecular formula is C21H16N4O5. The van der Waals surface area contributed by atoms with Crippen molar-refractivity contribution in [2.24, 2.45) is 0 Å². The van der Waals surface area contributed by atoms with Crippen molar-refractivity contribution in [3.63, 3.8) is 0 Å². The van der Waals surface area contributed by atoms with Gasteiger partial charge in [-0.05, 0) is 18.2 Å². The first-order valence-corrected chi connectivity index (χ1v) is 8.86. The Labute approximate surface area is 170 Å². The Morgan fingerprint density at radius 2 is 1.67 bits per heavy atom. The van der Waals surface area contributed by atoms with Crippen LogP contribution in [0.4, 0.5) is 0 Å². The summed E-state index contributed by atoms with van der Waals surface area (Å²) in [5, 5.41) is 8.39. The lowest BCUT2D eigenvalue weighted by atomic mass is 10.0. The van der Waals surface area contributed by atoms with Gasteiger partial charge in [-0.3, -0.25) is 0 Å². The number of para-hydroxylation sites is 1. The van der Waals surface area contributed by atoms with Crippen LogP contribution in [0, 0.1) is 0 Å². The topological polar surface area (TPSA) is 109 Å². The molecule has 2 aromatic heterocycles. The van der Waals surface area contributed by atoms with E-state index in [0.717, 1.165) is 0 Å². The fourth-order valence-corrected chi connectivity index (χ4v) is 3.06. The predicted molar refractivity (Wildman–Crippen MR) is 105 cm³/mol. The summed E-state index contributed by atoms with van der Waals surface area (Å²) in [6.45, 7) is 0. The highest BCUT2D eigenvalue weighted by Crippen LogP contribution is 2.31. The molecule has 150 valence electrons. The second-order valence-corrected chi connectivity index (χ2v) is 6.14. The van der Waals surface area contributed by atoms with Gasteiger partial charge in [0.15, 0.2) is 5.69 Å². The number of ether oxygens (including phenoxy) is 2. The number of aromatic nitrogens is 4. The van der Waals surface area contributed by atoms with Gasteiger partial charge in [0, 0.05) is 11.1 Å². The number of carbonyl (C=O) groups excluding carboxylic acids is 2. The van der Waals surface area contributed by atoms with E-state index in [0.29, 0.717) is 22.6 Å². The van der Waals surface area contributed by atoms with Gasteiger partial charge in [0.05, 0.1) is 19.9 Å². The second-order valence-electron chi connectivity index (χ2n) is 6.14. The van der Waals surface area contributed by atoms with Gasteiger partial charge >= 0.3 is 11.9 Å². The molecule has 4 aromatic rings. The summed E-state index contributed by atoms with van der Waals surface area (Å²) in [5.41, 5.74) is 2.04. The molecule has 0 atom stereocenters. The molecule has 0 saturated heterocycles. The molecule has 0 spiro atoms. The van der Waals surface area contributed by atoms with Crippen LogP contribution in [0.2, 0.25) is 0 Å². The minimum atomic E-state index is -0.715. The standard InChI is InChI=1S/C21H16N4O5/c1-28-20(26)16-17(13-7-6-8-14(11-13)19-22-12-30-24-19)23-25(18(16)21(27)29-2)15-9-4-3-5-10-15/h3-12H,1-2H3. The van der Waals surface area contributed by atoms with E-state index in [9.17, 15) is 9.59 Å². The predicted octanol–water partition coefficient (Wildman–Crippen LogP) is 3.16. The maximum absolute atomic E-state index is 12.7. The van der Waals surface area contributed by atoms with E-state index in [-0.39, 0.29) is 17.0 Å². The van der Waals surface area contributed by atoms with E-state index >= 15 is 0 Å². The van der Waals surface area contributed by atoms with Crippen LogP contribution in [-0.2, 0) is 9.47 Å². The number of carbonyl (C=O) groups is 2. The maximum Gasteiger partial charge on any atom is 0.357 e. The molecule has 4 rings (SSSR count). The number of hydrogen-bond donors (Lipinski definition) is 0. The fourth-order valence-electron chi connectivity index (χ4n) is 3.06. The smallest absolute Gasteiger partial charge is 0.357 e. The van der Waals surface area contributed by atoms with Crippen molar-refractivity contribution in [2.75, 3.05) is 14.2 Å². The van der Waals surface area contributed by atoms with E-state index in [1.54, 1.807) is 48.5 Å². The van der Waals surface area contributed by atoms with Crippen LogP contribution in [0.25, 0.3) is 28.3 Å². The van der Waals surface area contributed by atoms with Crippen molar-refractivity contribution in [2.45, 2.75) is 0 Å². The first-order valence-electron chi connectivity index (χ1n) is 8.86. The molecule has 30 heavy (non-hydrogen) atoms. The lowest BCUT2D eigenvalue weighted by Crippen LogP contribution is -2.15. The molecule has 0 amide bonds. The molecule has 0 fully saturated rings. The zero-order chi connectivity index (χ0) is 21.1. The SMILES string of the molecule is COC(=O)c1c(-c2cccc(-c3ncon3)c2)nn(-c2ccccc2)c1C(=O)OC. The molecule has 2 heterocycles. The number of esters is 2. The number of nitrogens with zero attached hydrogens (tertiary/aromatic N) is 4. The average Bonchev–Trinajstić information content (AvgIpc) is 3.47. The number of rotatable bonds is 5. The molecule has 0 aliphatic rings. The van der Waals surface area contributed by atoms with Crippen molar-refractivity contribution in [1.82, 2.24) is 19.9 Å². The highest BCUT2D eigenvalue weighted by Gasteiger charge is 2.31. The molecule has 0 radical (unpaired) electrons. The van der Waals surface area contributed by atoms with Crippen molar-refractivity contribution < 1.29 is 23.6 Å². The summed E-state index contributed by atoms with van der Waals surface area (Å²) < 4.78 is 16.0. The summed E-state index contributed by atoms with van der Waals surface area (Å²) >= 11 is 0. The van der Waals surface area contributed by atoms with Crippen molar-refractivity contribution in [3.8, 4) is 28.3 Å². The Kier molecular flexibility index (Phi) is 5.08. The normalized spacial score (nSPS) is 10.6. The van der Waals surface area contributed by atoms with Crippen LogP contribution in [0.15, 0.2) is 65.5 Å². The zero-order valence-electron chi connectivity index (χ0n) is 16.1. The Morgan fingerprint density at radius 1 is 0.933 bits per heavy atom. The van der Waals surface area contributed by atoms with Gasteiger partial charge in [-0.15, -0.1) is 0 Å². The van der Waals surface area contributed by atoms with Gasteiger partial charge in [-0.1, -0.05) is 41.6 Å². The Bertz CT molecular complexity index is 1200. The number of methoxy groups -OCH3 is 2.